The van der Waals surface area contributed by atoms with Crippen molar-refractivity contribution in [2.45, 2.75) is 22.7 Å². The van der Waals surface area contributed by atoms with Gasteiger partial charge in [-0.3, -0.25) is 9.05 Å². The first-order valence-electron chi connectivity index (χ1n) is 4.01. The van der Waals surface area contributed by atoms with E-state index in [1.165, 1.54) is 0 Å². The Kier molecular flexibility index (Phi) is 9.66. The minimum atomic E-state index is -4.02. The molecule has 0 spiro atoms. The van der Waals surface area contributed by atoms with Gasteiger partial charge in [-0.2, -0.15) is 0 Å². The lowest BCUT2D eigenvalue weighted by Gasteiger charge is -2.15. The lowest BCUT2D eigenvalue weighted by Crippen LogP contribution is -2.06. The Morgan fingerprint density at radius 1 is 1.40 bits per heavy atom. The first-order chi connectivity index (χ1) is 6.87. The number of hydrogen-bond donors (Lipinski definition) is 1. The monoisotopic (exact) mass is 406 g/mol. The molecule has 2 atom stereocenters. The molecule has 1 N–H and O–H groups in total. The van der Waals surface area contributed by atoms with E-state index in [9.17, 15) is 9.46 Å². The minimum Gasteiger partial charge on any atom is -0.302 e. The molecule has 9 heteroatoms. The molecule has 0 heterocycles. The van der Waals surface area contributed by atoms with Gasteiger partial charge >= 0.3 is 7.82 Å². The van der Waals surface area contributed by atoms with Crippen LogP contribution in [0.1, 0.15) is 12.8 Å². The van der Waals surface area contributed by atoms with Crippen LogP contribution in [-0.4, -0.2) is 26.7 Å². The van der Waals surface area contributed by atoms with Crippen molar-refractivity contribution in [2.24, 2.45) is 0 Å². The molecule has 0 aliphatic carbocycles. The molecule has 0 rings (SSSR count). The fourth-order valence-electron chi connectivity index (χ4n) is 0.571. The second kappa shape index (κ2) is 8.70. The third kappa shape index (κ3) is 10.5. The number of phosphoric acid groups is 1. The molecule has 0 radical (unpaired) electrons. The van der Waals surface area contributed by atoms with Gasteiger partial charge in [-0.15, -0.1) is 23.2 Å². The third-order valence-electron chi connectivity index (χ3n) is 1.17. The summed E-state index contributed by atoms with van der Waals surface area (Å²) in [5.41, 5.74) is 0. The first-order valence-corrected chi connectivity index (χ1v) is 8.42. The van der Waals surface area contributed by atoms with E-state index >= 15 is 0 Å². The van der Waals surface area contributed by atoms with Crippen LogP contribution in [0.2, 0.25) is 0 Å². The molecule has 0 aromatic rings. The van der Waals surface area contributed by atoms with E-state index in [4.69, 9.17) is 27.7 Å². The normalized spacial score (nSPS) is 17.7. The Morgan fingerprint density at radius 3 is 2.47 bits per heavy atom. The Bertz CT molecular complexity index is 219. The van der Waals surface area contributed by atoms with E-state index < -0.39 is 17.7 Å². The van der Waals surface area contributed by atoms with Gasteiger partial charge in [0.25, 0.3) is 0 Å². The first kappa shape index (κ1) is 16.6. The Hall–Kier alpha value is 1.65. The molecule has 0 saturated carbocycles. The third-order valence-corrected chi connectivity index (χ3v) is 4.03. The Labute approximate surface area is 115 Å². The van der Waals surface area contributed by atoms with Crippen molar-refractivity contribution in [1.29, 1.82) is 0 Å². The fraction of sp³-hybridized carbons (Fsp3) is 1.00. The van der Waals surface area contributed by atoms with E-state index in [1.807, 2.05) is 0 Å². The Balaban J connectivity index is 3.81. The molecule has 0 saturated heterocycles. The van der Waals surface area contributed by atoms with E-state index in [1.54, 1.807) is 0 Å². The van der Waals surface area contributed by atoms with Crippen LogP contribution in [0.25, 0.3) is 0 Å². The summed E-state index contributed by atoms with van der Waals surface area (Å²) in [4.78, 5) is 8.59. The molecule has 2 unspecified atom stereocenters. The molecule has 0 aromatic heterocycles. The summed E-state index contributed by atoms with van der Waals surface area (Å²) >= 11 is 17.1. The summed E-state index contributed by atoms with van der Waals surface area (Å²) < 4.78 is 20.6. The van der Waals surface area contributed by atoms with E-state index in [0.717, 1.165) is 0 Å². The highest BCUT2D eigenvalue weighted by Crippen LogP contribution is 2.46. The molecular formula is C6H11Br2Cl2O4P. The predicted octanol–water partition coefficient (Wildman–Crippen LogP) is 3.82. The highest BCUT2D eigenvalue weighted by molar-refractivity contribution is 9.10. The van der Waals surface area contributed by atoms with Crippen LogP contribution in [0.3, 0.4) is 0 Å². The van der Waals surface area contributed by atoms with Crippen LogP contribution in [0.5, 0.6) is 0 Å². The van der Waals surface area contributed by atoms with Crippen LogP contribution in [0.15, 0.2) is 0 Å². The van der Waals surface area contributed by atoms with Gasteiger partial charge in [0.2, 0.25) is 0 Å². The Morgan fingerprint density at radius 2 is 2.00 bits per heavy atom. The molecule has 0 amide bonds. The van der Waals surface area contributed by atoms with Gasteiger partial charge in [0.15, 0.2) is 0 Å². The fourth-order valence-corrected chi connectivity index (χ4v) is 3.43. The molecule has 0 fully saturated rings. The van der Waals surface area contributed by atoms with Crippen molar-refractivity contribution in [3.05, 3.63) is 0 Å². The standard InChI is InChI=1S/C6H11Br2Cl2O4P/c7-3-1-5(8)14-15(11,12)13-4-2-6(9)10/h5-6H,1-4H2,(H,11,12). The number of phosphoric ester groups is 1. The van der Waals surface area contributed by atoms with Gasteiger partial charge < -0.3 is 4.89 Å². The highest BCUT2D eigenvalue weighted by atomic mass is 79.9. The molecule has 0 bridgehead atoms. The summed E-state index contributed by atoms with van der Waals surface area (Å²) in [6.45, 7) is -0.0283. The average molecular weight is 409 g/mol. The summed E-state index contributed by atoms with van der Waals surface area (Å²) in [6.07, 6.45) is 0.809. The SMILES string of the molecule is O=P(O)(OCCC(Cl)Cl)OC(Br)CCBr. The van der Waals surface area contributed by atoms with Crippen LogP contribution in [0.4, 0.5) is 0 Å². The molecule has 92 valence electrons. The van der Waals surface area contributed by atoms with Crippen molar-refractivity contribution < 1.29 is 18.5 Å². The minimum absolute atomic E-state index is 0.0283. The van der Waals surface area contributed by atoms with Gasteiger partial charge in [0, 0.05) is 11.8 Å². The van der Waals surface area contributed by atoms with Crippen molar-refractivity contribution in [3.63, 3.8) is 0 Å². The largest absolute Gasteiger partial charge is 0.473 e. The van der Waals surface area contributed by atoms with E-state index in [0.29, 0.717) is 11.8 Å². The highest BCUT2D eigenvalue weighted by Gasteiger charge is 2.25. The second-order valence-electron chi connectivity index (χ2n) is 2.47. The topological polar surface area (TPSA) is 55.8 Å². The van der Waals surface area contributed by atoms with Gasteiger partial charge in [-0.25, -0.2) is 4.57 Å². The summed E-state index contributed by atoms with van der Waals surface area (Å²) in [5, 5.41) is 0.115. The van der Waals surface area contributed by atoms with Crippen LogP contribution in [0, 0.1) is 0 Å². The van der Waals surface area contributed by atoms with Crippen LogP contribution in [-0.2, 0) is 13.6 Å². The number of halogens is 4. The molecule has 15 heavy (non-hydrogen) atoms. The number of rotatable bonds is 8. The maximum absolute atomic E-state index is 11.3. The van der Waals surface area contributed by atoms with Gasteiger partial charge in [0.05, 0.1) is 6.61 Å². The van der Waals surface area contributed by atoms with Gasteiger partial charge in [-0.1, -0.05) is 31.9 Å². The molecule has 0 aliphatic rings. The number of hydrogen-bond acceptors (Lipinski definition) is 3. The predicted molar refractivity (Wildman–Crippen MR) is 68.1 cm³/mol. The van der Waals surface area contributed by atoms with Crippen molar-refractivity contribution in [2.75, 3.05) is 11.9 Å². The maximum Gasteiger partial charge on any atom is 0.473 e. The zero-order valence-electron chi connectivity index (χ0n) is 7.61. The van der Waals surface area contributed by atoms with Crippen molar-refractivity contribution >= 4 is 62.9 Å². The summed E-state index contributed by atoms with van der Waals surface area (Å²) in [7, 11) is -4.02. The maximum atomic E-state index is 11.3. The van der Waals surface area contributed by atoms with E-state index in [-0.39, 0.29) is 13.0 Å². The second-order valence-corrected chi connectivity index (χ2v) is 6.97. The van der Waals surface area contributed by atoms with E-state index in [2.05, 4.69) is 36.4 Å². The lowest BCUT2D eigenvalue weighted by molar-refractivity contribution is 0.140. The lowest BCUT2D eigenvalue weighted by atomic mass is 10.5. The van der Waals surface area contributed by atoms with Gasteiger partial charge in [0.1, 0.15) is 9.85 Å². The molecule has 4 nitrogen and oxygen atoms in total. The zero-order valence-corrected chi connectivity index (χ0v) is 13.2. The van der Waals surface area contributed by atoms with Gasteiger partial charge in [-0.05, 0) is 6.42 Å². The quantitative estimate of drug-likeness (QED) is 0.490. The molecular weight excluding hydrogens is 398 g/mol. The van der Waals surface area contributed by atoms with Crippen LogP contribution >= 0.6 is 62.9 Å². The van der Waals surface area contributed by atoms with Crippen molar-refractivity contribution in [3.8, 4) is 0 Å². The average Bonchev–Trinajstić information content (AvgIpc) is 2.01. The smallest absolute Gasteiger partial charge is 0.302 e. The number of alkyl halides is 4. The summed E-state index contributed by atoms with van der Waals surface area (Å²) in [6, 6.07) is 0. The zero-order chi connectivity index (χ0) is 11.9. The summed E-state index contributed by atoms with van der Waals surface area (Å²) in [5.74, 6) is 0. The molecule has 0 aromatic carbocycles. The van der Waals surface area contributed by atoms with Crippen molar-refractivity contribution in [1.82, 2.24) is 0 Å². The molecule has 0 aliphatic heterocycles. The van der Waals surface area contributed by atoms with Crippen LogP contribution < -0.4 is 0 Å².